The molecule has 1 heterocycles. The minimum atomic E-state index is 0.324. The van der Waals surface area contributed by atoms with E-state index in [-0.39, 0.29) is 0 Å². The smallest absolute Gasteiger partial charge is 0.224 e. The minimum absolute atomic E-state index is 0.324. The Morgan fingerprint density at radius 1 is 1.56 bits per heavy atom. The van der Waals surface area contributed by atoms with Crippen molar-refractivity contribution in [2.45, 2.75) is 6.92 Å². The molecule has 0 radical (unpaired) electrons. The Morgan fingerprint density at radius 3 is 2.81 bits per heavy atom. The molecule has 5 heteroatoms. The minimum Gasteiger partial charge on any atom is -0.476 e. The lowest BCUT2D eigenvalue weighted by atomic mass is 10.1. The van der Waals surface area contributed by atoms with Crippen LogP contribution in [0.5, 0.6) is 5.88 Å². The van der Waals surface area contributed by atoms with Crippen LogP contribution in [-0.4, -0.2) is 42.1 Å². The van der Waals surface area contributed by atoms with Crippen LogP contribution in [0, 0.1) is 6.92 Å². The quantitative estimate of drug-likeness (QED) is 0.776. The zero-order chi connectivity index (χ0) is 12.1. The Labute approximate surface area is 101 Å². The largest absolute Gasteiger partial charge is 0.476 e. The van der Waals surface area contributed by atoms with E-state index < -0.39 is 0 Å². The molecule has 0 aromatic carbocycles. The first-order chi connectivity index (χ1) is 7.52. The number of thiocarbonyl (C=S) groups is 1. The summed E-state index contributed by atoms with van der Waals surface area (Å²) in [6, 6.07) is 1.87. The summed E-state index contributed by atoms with van der Waals surface area (Å²) < 4.78 is 5.57. The topological polar surface area (TPSA) is 51.4 Å². The Morgan fingerprint density at radius 2 is 2.25 bits per heavy atom. The molecule has 0 unspecified atom stereocenters. The van der Waals surface area contributed by atoms with Gasteiger partial charge < -0.3 is 15.4 Å². The molecule has 0 aliphatic heterocycles. The normalized spacial score (nSPS) is 10.5. The van der Waals surface area contributed by atoms with Crippen LogP contribution >= 0.6 is 12.2 Å². The van der Waals surface area contributed by atoms with Crippen LogP contribution < -0.4 is 10.5 Å². The Kier molecular flexibility index (Phi) is 4.64. The van der Waals surface area contributed by atoms with Crippen molar-refractivity contribution in [1.29, 1.82) is 0 Å². The fourth-order valence-electron chi connectivity index (χ4n) is 1.27. The molecule has 0 saturated heterocycles. The van der Waals surface area contributed by atoms with E-state index >= 15 is 0 Å². The average Bonchev–Trinajstić information content (AvgIpc) is 2.16. The molecule has 1 rings (SSSR count). The van der Waals surface area contributed by atoms with Gasteiger partial charge in [0.25, 0.3) is 0 Å². The van der Waals surface area contributed by atoms with Gasteiger partial charge >= 0.3 is 0 Å². The van der Waals surface area contributed by atoms with E-state index in [1.165, 1.54) is 0 Å². The van der Waals surface area contributed by atoms with Crippen LogP contribution in [0.15, 0.2) is 12.3 Å². The monoisotopic (exact) mass is 239 g/mol. The summed E-state index contributed by atoms with van der Waals surface area (Å²) >= 11 is 4.99. The Bertz CT molecular complexity index is 379. The lowest BCUT2D eigenvalue weighted by molar-refractivity contribution is 0.253. The SMILES string of the molecule is Cc1ccnc(OCCN(C)C)c1C(N)=S. The highest BCUT2D eigenvalue weighted by atomic mass is 32.1. The van der Waals surface area contributed by atoms with Gasteiger partial charge in [0.2, 0.25) is 5.88 Å². The molecule has 1 aromatic heterocycles. The van der Waals surface area contributed by atoms with E-state index in [9.17, 15) is 0 Å². The van der Waals surface area contributed by atoms with Crippen molar-refractivity contribution < 1.29 is 4.74 Å². The first-order valence-electron chi connectivity index (χ1n) is 5.05. The van der Waals surface area contributed by atoms with Crippen molar-refractivity contribution in [3.8, 4) is 5.88 Å². The second kappa shape index (κ2) is 5.77. The number of pyridine rings is 1. The summed E-state index contributed by atoms with van der Waals surface area (Å²) in [5.74, 6) is 0.523. The van der Waals surface area contributed by atoms with Crippen molar-refractivity contribution in [2.75, 3.05) is 27.2 Å². The maximum absolute atomic E-state index is 5.65. The number of ether oxygens (including phenoxy) is 1. The van der Waals surface area contributed by atoms with Crippen molar-refractivity contribution in [2.24, 2.45) is 5.73 Å². The van der Waals surface area contributed by atoms with Gasteiger partial charge in [0, 0.05) is 12.7 Å². The molecule has 0 saturated carbocycles. The summed E-state index contributed by atoms with van der Waals surface area (Å²) in [5.41, 5.74) is 7.37. The third-order valence-corrected chi connectivity index (χ3v) is 2.35. The molecule has 0 fully saturated rings. The molecular weight excluding hydrogens is 222 g/mol. The van der Waals surface area contributed by atoms with Gasteiger partial charge in [-0.05, 0) is 32.6 Å². The molecule has 0 aliphatic carbocycles. The number of nitrogens with zero attached hydrogens (tertiary/aromatic N) is 2. The lowest BCUT2D eigenvalue weighted by Crippen LogP contribution is -2.21. The molecule has 0 bridgehead atoms. The zero-order valence-corrected chi connectivity index (χ0v) is 10.7. The van der Waals surface area contributed by atoms with E-state index in [1.807, 2.05) is 32.0 Å². The van der Waals surface area contributed by atoms with E-state index in [0.717, 1.165) is 17.7 Å². The van der Waals surface area contributed by atoms with Crippen LogP contribution in [0.25, 0.3) is 0 Å². The number of rotatable bonds is 5. The molecule has 0 atom stereocenters. The van der Waals surface area contributed by atoms with Gasteiger partial charge in [0.1, 0.15) is 11.6 Å². The first kappa shape index (κ1) is 12.9. The van der Waals surface area contributed by atoms with Crippen LogP contribution in [0.4, 0.5) is 0 Å². The van der Waals surface area contributed by atoms with Crippen LogP contribution in [0.2, 0.25) is 0 Å². The highest BCUT2D eigenvalue weighted by Crippen LogP contribution is 2.18. The van der Waals surface area contributed by atoms with Crippen molar-refractivity contribution in [3.63, 3.8) is 0 Å². The second-order valence-electron chi connectivity index (χ2n) is 3.82. The number of aromatic nitrogens is 1. The summed E-state index contributed by atoms with van der Waals surface area (Å²) in [4.78, 5) is 6.51. The molecule has 1 aromatic rings. The number of hydrogen-bond donors (Lipinski definition) is 1. The molecule has 88 valence electrons. The number of hydrogen-bond acceptors (Lipinski definition) is 4. The van der Waals surface area contributed by atoms with Gasteiger partial charge in [0.05, 0.1) is 5.56 Å². The van der Waals surface area contributed by atoms with E-state index in [2.05, 4.69) is 4.98 Å². The summed E-state index contributed by atoms with van der Waals surface area (Å²) in [5, 5.41) is 0. The number of aryl methyl sites for hydroxylation is 1. The van der Waals surface area contributed by atoms with Crippen molar-refractivity contribution in [3.05, 3.63) is 23.4 Å². The third kappa shape index (κ3) is 3.43. The first-order valence-corrected chi connectivity index (χ1v) is 5.46. The van der Waals surface area contributed by atoms with Crippen molar-refractivity contribution >= 4 is 17.2 Å². The molecule has 0 amide bonds. The van der Waals surface area contributed by atoms with E-state index in [1.54, 1.807) is 6.20 Å². The van der Waals surface area contributed by atoms with Crippen LogP contribution in [0.1, 0.15) is 11.1 Å². The maximum atomic E-state index is 5.65. The predicted molar refractivity (Wildman–Crippen MR) is 68.9 cm³/mol. The highest BCUT2D eigenvalue weighted by Gasteiger charge is 2.10. The van der Waals surface area contributed by atoms with Gasteiger partial charge in [-0.3, -0.25) is 0 Å². The molecular formula is C11H17N3OS. The zero-order valence-electron chi connectivity index (χ0n) is 9.86. The lowest BCUT2D eigenvalue weighted by Gasteiger charge is -2.13. The molecule has 0 spiro atoms. The Hall–Kier alpha value is -1.20. The molecule has 0 aliphatic rings. The van der Waals surface area contributed by atoms with Gasteiger partial charge in [-0.15, -0.1) is 0 Å². The standard InChI is InChI=1S/C11H17N3OS/c1-8-4-5-13-11(9(8)10(12)16)15-7-6-14(2)3/h4-5H,6-7H2,1-3H3,(H2,12,16). The fraction of sp³-hybridized carbons (Fsp3) is 0.455. The Balaban J connectivity index is 2.79. The molecule has 2 N–H and O–H groups in total. The number of likely N-dealkylation sites (N-methyl/N-ethyl adjacent to an activating group) is 1. The van der Waals surface area contributed by atoms with Crippen LogP contribution in [-0.2, 0) is 0 Å². The summed E-state index contributed by atoms with van der Waals surface area (Å²) in [7, 11) is 3.98. The fourth-order valence-corrected chi connectivity index (χ4v) is 1.52. The highest BCUT2D eigenvalue weighted by molar-refractivity contribution is 7.80. The van der Waals surface area contributed by atoms with Gasteiger partial charge in [-0.2, -0.15) is 0 Å². The summed E-state index contributed by atoms with van der Waals surface area (Å²) in [6.07, 6.45) is 1.70. The van der Waals surface area contributed by atoms with E-state index in [0.29, 0.717) is 17.5 Å². The second-order valence-corrected chi connectivity index (χ2v) is 4.26. The van der Waals surface area contributed by atoms with Gasteiger partial charge in [0.15, 0.2) is 0 Å². The molecule has 16 heavy (non-hydrogen) atoms. The summed E-state index contributed by atoms with van der Waals surface area (Å²) in [6.45, 7) is 3.33. The van der Waals surface area contributed by atoms with Gasteiger partial charge in [-0.1, -0.05) is 12.2 Å². The van der Waals surface area contributed by atoms with Gasteiger partial charge in [-0.25, -0.2) is 4.98 Å². The maximum Gasteiger partial charge on any atom is 0.224 e. The molecule has 4 nitrogen and oxygen atoms in total. The van der Waals surface area contributed by atoms with Crippen molar-refractivity contribution in [1.82, 2.24) is 9.88 Å². The van der Waals surface area contributed by atoms with E-state index in [4.69, 9.17) is 22.7 Å². The average molecular weight is 239 g/mol. The number of nitrogens with two attached hydrogens (primary N) is 1. The van der Waals surface area contributed by atoms with Crippen LogP contribution in [0.3, 0.4) is 0 Å². The predicted octanol–water partition coefficient (Wildman–Crippen LogP) is 0.965. The third-order valence-electron chi connectivity index (χ3n) is 2.15.